The molecule has 0 saturated heterocycles. The van der Waals surface area contributed by atoms with E-state index in [1.54, 1.807) is 24.5 Å². The van der Waals surface area contributed by atoms with Gasteiger partial charge in [-0.1, -0.05) is 24.3 Å². The van der Waals surface area contributed by atoms with Crippen LogP contribution in [-0.2, 0) is 22.8 Å². The lowest BCUT2D eigenvalue weighted by atomic mass is 10.0. The molecule has 1 N–H and O–H groups in total. The first-order valence-electron chi connectivity index (χ1n) is 8.16. The highest BCUT2D eigenvalue weighted by Crippen LogP contribution is 2.34. The van der Waals surface area contributed by atoms with Gasteiger partial charge in [-0.3, -0.25) is 0 Å². The summed E-state index contributed by atoms with van der Waals surface area (Å²) in [5, 5.41) is 0. The Hall–Kier alpha value is -2.60. The molecule has 128 valence electrons. The Bertz CT molecular complexity index is 1010. The van der Waals surface area contributed by atoms with Crippen LogP contribution >= 0.6 is 0 Å². The van der Waals surface area contributed by atoms with Crippen molar-refractivity contribution in [2.75, 3.05) is 17.7 Å². The fourth-order valence-electron chi connectivity index (χ4n) is 3.27. The van der Waals surface area contributed by atoms with Crippen LogP contribution < -0.4 is 4.90 Å². The molecule has 1 aliphatic rings. The van der Waals surface area contributed by atoms with Crippen molar-refractivity contribution >= 4 is 15.5 Å². The second-order valence-electron chi connectivity index (χ2n) is 6.39. The van der Waals surface area contributed by atoms with Crippen LogP contribution in [0.25, 0.3) is 11.1 Å². The molecule has 0 bridgehead atoms. The third-order valence-corrected chi connectivity index (χ3v) is 5.70. The highest BCUT2D eigenvalue weighted by atomic mass is 32.2. The topological polar surface area (TPSA) is 66.1 Å². The summed E-state index contributed by atoms with van der Waals surface area (Å²) in [6, 6.07) is 13.5. The summed E-state index contributed by atoms with van der Waals surface area (Å²) in [5.74, 6) is 0. The Kier molecular flexibility index (Phi) is 3.84. The molecule has 2 heterocycles. The number of nitrogens with zero attached hydrogens (tertiary/aromatic N) is 2. The molecule has 1 aliphatic heterocycles. The minimum absolute atomic E-state index is 0.347. The van der Waals surface area contributed by atoms with Crippen molar-refractivity contribution in [3.63, 3.8) is 0 Å². The average molecular weight is 353 g/mol. The first kappa shape index (κ1) is 15.9. The van der Waals surface area contributed by atoms with Crippen molar-refractivity contribution in [1.82, 2.24) is 9.97 Å². The van der Waals surface area contributed by atoms with Crippen molar-refractivity contribution in [3.05, 3.63) is 66.2 Å². The molecule has 0 saturated carbocycles. The minimum atomic E-state index is -3.21. The van der Waals surface area contributed by atoms with Gasteiger partial charge in [0.25, 0.3) is 0 Å². The van der Waals surface area contributed by atoms with Crippen molar-refractivity contribution in [2.45, 2.75) is 17.9 Å². The van der Waals surface area contributed by atoms with Gasteiger partial charge in [0.2, 0.25) is 0 Å². The lowest BCUT2D eigenvalue weighted by Crippen LogP contribution is -2.19. The van der Waals surface area contributed by atoms with E-state index in [4.69, 9.17) is 0 Å². The van der Waals surface area contributed by atoms with Crippen molar-refractivity contribution in [2.24, 2.45) is 0 Å². The van der Waals surface area contributed by atoms with Gasteiger partial charge in [-0.15, -0.1) is 0 Å². The van der Waals surface area contributed by atoms with Crippen LogP contribution in [0.3, 0.4) is 0 Å². The summed E-state index contributed by atoms with van der Waals surface area (Å²) in [4.78, 5) is 9.90. The second-order valence-corrected chi connectivity index (χ2v) is 8.41. The van der Waals surface area contributed by atoms with Crippen LogP contribution in [0.2, 0.25) is 0 Å². The molecular formula is C19H19N3O2S. The van der Waals surface area contributed by atoms with Gasteiger partial charge in [-0.25, -0.2) is 13.4 Å². The summed E-state index contributed by atoms with van der Waals surface area (Å²) in [7, 11) is -3.21. The summed E-state index contributed by atoms with van der Waals surface area (Å²) in [5.41, 5.74) is 5.55. The van der Waals surface area contributed by atoms with Gasteiger partial charge in [-0.05, 0) is 41.3 Å². The van der Waals surface area contributed by atoms with Crippen LogP contribution in [0.5, 0.6) is 0 Å². The summed E-state index contributed by atoms with van der Waals surface area (Å²) >= 11 is 0. The van der Waals surface area contributed by atoms with Crippen LogP contribution in [0.15, 0.2) is 59.9 Å². The lowest BCUT2D eigenvalue weighted by Gasteiger charge is -2.19. The van der Waals surface area contributed by atoms with Crippen LogP contribution in [0.1, 0.15) is 11.3 Å². The van der Waals surface area contributed by atoms with Crippen LogP contribution in [0, 0.1) is 0 Å². The molecule has 2 aromatic carbocycles. The maximum Gasteiger partial charge on any atom is 0.175 e. The summed E-state index contributed by atoms with van der Waals surface area (Å²) < 4.78 is 23.6. The van der Waals surface area contributed by atoms with E-state index in [2.05, 4.69) is 33.1 Å². The Morgan fingerprint density at radius 3 is 2.76 bits per heavy atom. The standard InChI is InChI=1S/C19H19N3O2S/c1-25(23,24)18-4-2-3-15(9-18)16-6-5-14-7-8-22(19(14)10-16)12-17-11-20-13-21-17/h2-6,9-11,13H,7-8,12H2,1H3,(H,20,21). The highest BCUT2D eigenvalue weighted by molar-refractivity contribution is 7.90. The quantitative estimate of drug-likeness (QED) is 0.783. The predicted molar refractivity (Wildman–Crippen MR) is 98.3 cm³/mol. The highest BCUT2D eigenvalue weighted by Gasteiger charge is 2.20. The molecule has 6 heteroatoms. The molecular weight excluding hydrogens is 334 g/mol. The maximum absolute atomic E-state index is 11.8. The van der Waals surface area contributed by atoms with Gasteiger partial charge in [-0.2, -0.15) is 0 Å². The van der Waals surface area contributed by atoms with Gasteiger partial charge < -0.3 is 9.88 Å². The SMILES string of the molecule is CS(=O)(=O)c1cccc(-c2ccc3c(c2)N(Cc2cnc[nH]2)CC3)c1. The monoisotopic (exact) mass is 353 g/mol. The number of rotatable bonds is 4. The Balaban J connectivity index is 1.69. The first-order chi connectivity index (χ1) is 12.0. The molecule has 0 aliphatic carbocycles. The maximum atomic E-state index is 11.8. The smallest absolute Gasteiger partial charge is 0.175 e. The summed E-state index contributed by atoms with van der Waals surface area (Å²) in [6.07, 6.45) is 5.80. The number of nitrogens with one attached hydrogen (secondary N) is 1. The molecule has 3 aromatic rings. The number of anilines is 1. The van der Waals surface area contributed by atoms with Gasteiger partial charge in [0.1, 0.15) is 0 Å². The fourth-order valence-corrected chi connectivity index (χ4v) is 3.94. The molecule has 1 aromatic heterocycles. The van der Waals surface area contributed by atoms with E-state index in [0.29, 0.717) is 4.90 Å². The number of aromatic nitrogens is 2. The second kappa shape index (κ2) is 6.04. The number of benzene rings is 2. The Morgan fingerprint density at radius 1 is 1.16 bits per heavy atom. The zero-order chi connectivity index (χ0) is 17.4. The third kappa shape index (κ3) is 3.17. The molecule has 5 nitrogen and oxygen atoms in total. The Labute approximate surface area is 147 Å². The molecule has 0 fully saturated rings. The van der Waals surface area contributed by atoms with E-state index in [9.17, 15) is 8.42 Å². The molecule has 4 rings (SSSR count). The zero-order valence-electron chi connectivity index (χ0n) is 13.9. The lowest BCUT2D eigenvalue weighted by molar-refractivity contribution is 0.602. The number of fused-ring (bicyclic) bond motifs is 1. The number of sulfone groups is 1. The largest absolute Gasteiger partial charge is 0.365 e. The minimum Gasteiger partial charge on any atom is -0.365 e. The number of H-pyrrole nitrogens is 1. The number of hydrogen-bond donors (Lipinski definition) is 1. The number of aromatic amines is 1. The van der Waals surface area contributed by atoms with Crippen LogP contribution in [0.4, 0.5) is 5.69 Å². The van der Waals surface area contributed by atoms with E-state index in [-0.39, 0.29) is 0 Å². The van der Waals surface area contributed by atoms with Crippen molar-refractivity contribution in [3.8, 4) is 11.1 Å². The number of imidazole rings is 1. The molecule has 0 atom stereocenters. The molecule has 25 heavy (non-hydrogen) atoms. The van der Waals surface area contributed by atoms with Gasteiger partial charge in [0.05, 0.1) is 23.5 Å². The molecule has 0 spiro atoms. The Morgan fingerprint density at radius 2 is 2.00 bits per heavy atom. The summed E-state index contributed by atoms with van der Waals surface area (Å²) in [6.45, 7) is 1.76. The fraction of sp³-hybridized carbons (Fsp3) is 0.211. The van der Waals surface area contributed by atoms with Crippen LogP contribution in [-0.4, -0.2) is 31.2 Å². The van der Waals surface area contributed by atoms with Gasteiger partial charge in [0, 0.05) is 24.7 Å². The molecule has 0 unspecified atom stereocenters. The number of hydrogen-bond acceptors (Lipinski definition) is 4. The normalized spacial score (nSPS) is 13.9. The first-order valence-corrected chi connectivity index (χ1v) is 10.1. The average Bonchev–Trinajstić information content (AvgIpc) is 3.24. The van der Waals surface area contributed by atoms with E-state index >= 15 is 0 Å². The molecule has 0 radical (unpaired) electrons. The van der Waals surface area contributed by atoms with E-state index < -0.39 is 9.84 Å². The predicted octanol–water partition coefficient (Wildman–Crippen LogP) is 3.04. The van der Waals surface area contributed by atoms with Gasteiger partial charge in [0.15, 0.2) is 9.84 Å². The van der Waals surface area contributed by atoms with E-state index in [1.165, 1.54) is 17.5 Å². The zero-order valence-corrected chi connectivity index (χ0v) is 14.8. The van der Waals surface area contributed by atoms with E-state index in [1.807, 2.05) is 12.3 Å². The van der Waals surface area contributed by atoms with Crippen molar-refractivity contribution in [1.29, 1.82) is 0 Å². The van der Waals surface area contributed by atoms with Crippen molar-refractivity contribution < 1.29 is 8.42 Å². The third-order valence-electron chi connectivity index (χ3n) is 4.59. The molecule has 0 amide bonds. The van der Waals surface area contributed by atoms with Gasteiger partial charge >= 0.3 is 0 Å². The van der Waals surface area contributed by atoms with E-state index in [0.717, 1.165) is 36.3 Å².